The zero-order valence-corrected chi connectivity index (χ0v) is 21.5. The van der Waals surface area contributed by atoms with Crippen molar-refractivity contribution < 1.29 is 23.9 Å². The minimum absolute atomic E-state index is 0.132. The average Bonchev–Trinajstić information content (AvgIpc) is 2.82. The Morgan fingerprint density at radius 1 is 0.706 bits per heavy atom. The van der Waals surface area contributed by atoms with Gasteiger partial charge in [-0.1, -0.05) is 88.1 Å². The molecule has 0 aliphatic heterocycles. The molecule has 0 aliphatic rings. The molecule has 1 amide bonds. The average molecular weight is 476 g/mol. The topological polar surface area (TPSA) is 81.7 Å². The van der Waals surface area contributed by atoms with E-state index < -0.39 is 23.4 Å². The quantitative estimate of drug-likeness (QED) is 0.153. The fourth-order valence-electron chi connectivity index (χ4n) is 4.22. The Bertz CT molecular complexity index is 686. The zero-order chi connectivity index (χ0) is 25.1. The van der Waals surface area contributed by atoms with Gasteiger partial charge in [0.05, 0.1) is 13.2 Å². The summed E-state index contributed by atoms with van der Waals surface area (Å²) >= 11 is 0. The molecule has 1 rings (SSSR count). The van der Waals surface area contributed by atoms with Crippen molar-refractivity contribution in [2.75, 3.05) is 13.2 Å². The highest BCUT2D eigenvalue weighted by Crippen LogP contribution is 2.21. The van der Waals surface area contributed by atoms with Crippen molar-refractivity contribution >= 4 is 17.8 Å². The van der Waals surface area contributed by atoms with Gasteiger partial charge in [-0.05, 0) is 45.1 Å². The van der Waals surface area contributed by atoms with Crippen LogP contribution in [-0.2, 0) is 30.3 Å². The van der Waals surface area contributed by atoms with Crippen LogP contribution in [0.1, 0.15) is 103 Å². The molecule has 192 valence electrons. The molecule has 0 fully saturated rings. The molecule has 34 heavy (non-hydrogen) atoms. The van der Waals surface area contributed by atoms with Crippen molar-refractivity contribution in [2.24, 2.45) is 0 Å². The molecule has 0 saturated carbocycles. The van der Waals surface area contributed by atoms with Crippen LogP contribution in [0.2, 0.25) is 0 Å². The molecule has 6 heteroatoms. The first-order valence-corrected chi connectivity index (χ1v) is 13.1. The summed E-state index contributed by atoms with van der Waals surface area (Å²) in [6, 6.07) is 10.7. The van der Waals surface area contributed by atoms with Crippen LogP contribution < -0.4 is 5.32 Å². The number of carbonyl (C=O) groups excluding carboxylic acids is 3. The van der Waals surface area contributed by atoms with Crippen molar-refractivity contribution in [1.29, 1.82) is 0 Å². The van der Waals surface area contributed by atoms with Gasteiger partial charge in [-0.25, -0.2) is 9.59 Å². The third-order valence-electron chi connectivity index (χ3n) is 6.00. The van der Waals surface area contributed by atoms with E-state index in [1.165, 1.54) is 63.9 Å². The van der Waals surface area contributed by atoms with Gasteiger partial charge in [-0.15, -0.1) is 0 Å². The maximum absolute atomic E-state index is 12.6. The third kappa shape index (κ3) is 11.7. The normalized spacial score (nSPS) is 11.1. The highest BCUT2D eigenvalue weighted by molar-refractivity contribution is 6.07. The molecule has 0 aromatic heterocycles. The maximum Gasteiger partial charge on any atom is 0.343 e. The molecular weight excluding hydrogens is 430 g/mol. The summed E-state index contributed by atoms with van der Waals surface area (Å²) in [4.78, 5) is 36.9. The van der Waals surface area contributed by atoms with Crippen LogP contribution in [0.4, 0.5) is 0 Å². The Labute approximate surface area is 206 Å². The number of unbranched alkanes of at least 4 members (excludes halogenated alkanes) is 10. The lowest BCUT2D eigenvalue weighted by Gasteiger charge is -2.29. The van der Waals surface area contributed by atoms with E-state index in [4.69, 9.17) is 9.47 Å². The van der Waals surface area contributed by atoms with E-state index in [9.17, 15) is 14.4 Å². The first kappa shape index (κ1) is 29.7. The Balaban J connectivity index is 2.20. The summed E-state index contributed by atoms with van der Waals surface area (Å²) in [6.45, 7) is 4.90. The summed E-state index contributed by atoms with van der Waals surface area (Å²) in [5.74, 6) is -1.94. The van der Waals surface area contributed by atoms with Crippen molar-refractivity contribution in [1.82, 2.24) is 5.32 Å². The van der Waals surface area contributed by atoms with Gasteiger partial charge >= 0.3 is 11.9 Å². The number of ether oxygens (including phenoxy) is 2. The summed E-state index contributed by atoms with van der Waals surface area (Å²) < 4.78 is 10.2. The van der Waals surface area contributed by atoms with Gasteiger partial charge in [0, 0.05) is 6.92 Å². The first-order valence-electron chi connectivity index (χ1n) is 13.1. The smallest absolute Gasteiger partial charge is 0.343 e. The van der Waals surface area contributed by atoms with Crippen molar-refractivity contribution in [3.63, 3.8) is 0 Å². The van der Waals surface area contributed by atoms with Gasteiger partial charge in [-0.2, -0.15) is 0 Å². The van der Waals surface area contributed by atoms with Crippen LogP contribution in [-0.4, -0.2) is 36.6 Å². The SMILES string of the molecule is CCOC(=O)C(CCCCCCCCCCCCCc1ccccc1)(NC(C)=O)C(=O)OCC. The van der Waals surface area contributed by atoms with E-state index in [1.54, 1.807) is 13.8 Å². The van der Waals surface area contributed by atoms with Gasteiger partial charge in [0.15, 0.2) is 0 Å². The van der Waals surface area contributed by atoms with Crippen molar-refractivity contribution in [3.05, 3.63) is 35.9 Å². The number of aryl methyl sites for hydroxylation is 1. The third-order valence-corrected chi connectivity index (χ3v) is 6.00. The number of hydrogen-bond acceptors (Lipinski definition) is 5. The van der Waals surface area contributed by atoms with Crippen LogP contribution in [0.5, 0.6) is 0 Å². The summed E-state index contributed by atoms with van der Waals surface area (Å²) in [5.41, 5.74) is -0.320. The second kappa shape index (κ2) is 18.0. The molecule has 0 heterocycles. The largest absolute Gasteiger partial charge is 0.464 e. The molecule has 1 aromatic carbocycles. The first-order chi connectivity index (χ1) is 16.5. The van der Waals surface area contributed by atoms with Gasteiger partial charge in [0.25, 0.3) is 0 Å². The van der Waals surface area contributed by atoms with Crippen LogP contribution in [0.3, 0.4) is 0 Å². The van der Waals surface area contributed by atoms with E-state index in [-0.39, 0.29) is 19.6 Å². The molecular formula is C28H45NO5. The summed E-state index contributed by atoms with van der Waals surface area (Å²) in [7, 11) is 0. The fraction of sp³-hybridized carbons (Fsp3) is 0.679. The van der Waals surface area contributed by atoms with Crippen molar-refractivity contribution in [3.8, 4) is 0 Å². The van der Waals surface area contributed by atoms with E-state index in [0.29, 0.717) is 6.42 Å². The number of amides is 1. The van der Waals surface area contributed by atoms with Crippen LogP contribution in [0, 0.1) is 0 Å². The highest BCUT2D eigenvalue weighted by atomic mass is 16.6. The predicted molar refractivity (Wildman–Crippen MR) is 135 cm³/mol. The van der Waals surface area contributed by atoms with E-state index in [1.807, 2.05) is 0 Å². The Hall–Kier alpha value is -2.37. The molecule has 0 atom stereocenters. The number of benzene rings is 1. The lowest BCUT2D eigenvalue weighted by Crippen LogP contribution is -2.61. The van der Waals surface area contributed by atoms with Gasteiger partial charge in [0.2, 0.25) is 11.4 Å². The second-order valence-corrected chi connectivity index (χ2v) is 8.90. The molecule has 0 radical (unpaired) electrons. The zero-order valence-electron chi connectivity index (χ0n) is 21.5. The number of hydrogen-bond donors (Lipinski definition) is 1. The molecule has 1 aromatic rings. The predicted octanol–water partition coefficient (Wildman–Crippen LogP) is 5.91. The fourth-order valence-corrected chi connectivity index (χ4v) is 4.22. The Kier molecular flexibility index (Phi) is 15.7. The molecule has 0 unspecified atom stereocenters. The number of rotatable bonds is 19. The molecule has 6 nitrogen and oxygen atoms in total. The Morgan fingerprint density at radius 2 is 1.15 bits per heavy atom. The summed E-state index contributed by atoms with van der Waals surface area (Å²) in [5, 5.41) is 2.52. The van der Waals surface area contributed by atoms with Gasteiger partial charge in [-0.3, -0.25) is 4.79 Å². The molecule has 0 saturated heterocycles. The number of carbonyl (C=O) groups is 3. The lowest BCUT2D eigenvalue weighted by atomic mass is 9.91. The maximum atomic E-state index is 12.6. The minimum atomic E-state index is -1.75. The van der Waals surface area contributed by atoms with Crippen LogP contribution >= 0.6 is 0 Å². The van der Waals surface area contributed by atoms with E-state index in [0.717, 1.165) is 19.3 Å². The summed E-state index contributed by atoms with van der Waals surface area (Å²) in [6.07, 6.45) is 14.0. The molecule has 0 bridgehead atoms. The van der Waals surface area contributed by atoms with Gasteiger partial charge in [0.1, 0.15) is 0 Å². The highest BCUT2D eigenvalue weighted by Gasteiger charge is 2.49. The molecule has 0 aliphatic carbocycles. The van der Waals surface area contributed by atoms with Crippen LogP contribution in [0.25, 0.3) is 0 Å². The van der Waals surface area contributed by atoms with Crippen LogP contribution in [0.15, 0.2) is 30.3 Å². The molecule has 1 N–H and O–H groups in total. The second-order valence-electron chi connectivity index (χ2n) is 8.90. The van der Waals surface area contributed by atoms with E-state index >= 15 is 0 Å². The standard InChI is InChI=1S/C28H45NO5/c1-4-33-26(31)28(29-24(3)30,27(32)34-5-2)23-19-14-12-10-8-6-7-9-11-13-16-20-25-21-17-15-18-22-25/h15,17-18,21-22H,4-14,16,19-20,23H2,1-3H3,(H,29,30). The lowest BCUT2D eigenvalue weighted by molar-refractivity contribution is -0.168. The minimum Gasteiger partial charge on any atom is -0.464 e. The monoisotopic (exact) mass is 475 g/mol. The van der Waals surface area contributed by atoms with E-state index in [2.05, 4.69) is 35.6 Å². The van der Waals surface area contributed by atoms with Gasteiger partial charge < -0.3 is 14.8 Å². The van der Waals surface area contributed by atoms with Crippen molar-refractivity contribution in [2.45, 2.75) is 110 Å². The number of nitrogens with one attached hydrogen (secondary N) is 1. The Morgan fingerprint density at radius 3 is 1.59 bits per heavy atom. The number of esters is 2. The molecule has 0 spiro atoms.